The monoisotopic (exact) mass is 390 g/mol. The van der Waals surface area contributed by atoms with Gasteiger partial charge in [0.05, 0.1) is 6.61 Å². The fraction of sp³-hybridized carbons (Fsp3) is 0.571. The molecule has 2 rings (SSSR count). The van der Waals surface area contributed by atoms with Gasteiger partial charge >= 0.3 is 5.97 Å². The van der Waals surface area contributed by atoms with Crippen molar-refractivity contribution < 1.29 is 24.2 Å². The van der Waals surface area contributed by atoms with Crippen LogP contribution in [0, 0.1) is 5.92 Å². The van der Waals surface area contributed by atoms with Crippen LogP contribution < -0.4 is 4.74 Å². The van der Waals surface area contributed by atoms with Gasteiger partial charge in [0.25, 0.3) is 5.91 Å². The molecule has 1 aliphatic heterocycles. The maximum Gasteiger partial charge on any atom is 0.323 e. The smallest absolute Gasteiger partial charge is 0.323 e. The average molecular weight is 390 g/mol. The van der Waals surface area contributed by atoms with Crippen LogP contribution >= 0.6 is 0 Å². The van der Waals surface area contributed by atoms with Crippen LogP contribution in [0.25, 0.3) is 0 Å². The van der Waals surface area contributed by atoms with Gasteiger partial charge in [-0.3, -0.25) is 14.4 Å². The number of aliphatic carboxylic acids is 1. The lowest BCUT2D eigenvalue weighted by Gasteiger charge is -2.28. The maximum absolute atomic E-state index is 12.9. The fourth-order valence-electron chi connectivity index (χ4n) is 3.40. The molecular formula is C21H30N2O5. The third-order valence-corrected chi connectivity index (χ3v) is 4.80. The maximum atomic E-state index is 12.9. The van der Waals surface area contributed by atoms with E-state index >= 15 is 0 Å². The van der Waals surface area contributed by atoms with Crippen molar-refractivity contribution in [1.82, 2.24) is 9.80 Å². The van der Waals surface area contributed by atoms with Gasteiger partial charge in [0.2, 0.25) is 5.91 Å². The molecule has 0 spiro atoms. The van der Waals surface area contributed by atoms with Crippen molar-refractivity contribution >= 4 is 17.8 Å². The lowest BCUT2D eigenvalue weighted by atomic mass is 10.1. The summed E-state index contributed by atoms with van der Waals surface area (Å²) in [7, 11) is 0. The van der Waals surface area contributed by atoms with Crippen molar-refractivity contribution in [1.29, 1.82) is 0 Å². The van der Waals surface area contributed by atoms with E-state index in [0.717, 1.165) is 6.42 Å². The Balaban J connectivity index is 2.03. The number of nitrogens with zero attached hydrogens (tertiary/aromatic N) is 2. The Bertz CT molecular complexity index is 704. The quantitative estimate of drug-likeness (QED) is 0.773. The summed E-state index contributed by atoms with van der Waals surface area (Å²) in [6, 6.07) is 7.04. The Labute approximate surface area is 166 Å². The Kier molecular flexibility index (Phi) is 7.84. The molecule has 28 heavy (non-hydrogen) atoms. The molecule has 0 bridgehead atoms. The van der Waals surface area contributed by atoms with Crippen molar-refractivity contribution in [3.8, 4) is 5.75 Å². The van der Waals surface area contributed by atoms with E-state index in [4.69, 9.17) is 9.84 Å². The number of carboxylic acid groups (broad SMARTS) is 1. The molecule has 0 saturated carbocycles. The van der Waals surface area contributed by atoms with Crippen LogP contribution in [0.4, 0.5) is 0 Å². The molecule has 1 heterocycles. The predicted octanol–water partition coefficient (Wildman–Crippen LogP) is 2.65. The molecule has 7 nitrogen and oxygen atoms in total. The normalized spacial score (nSPS) is 17.1. The van der Waals surface area contributed by atoms with E-state index in [2.05, 4.69) is 13.8 Å². The van der Waals surface area contributed by atoms with Crippen molar-refractivity contribution in [2.45, 2.75) is 46.1 Å². The molecular weight excluding hydrogens is 360 g/mol. The van der Waals surface area contributed by atoms with Crippen LogP contribution in [0.1, 0.15) is 50.4 Å². The highest BCUT2D eigenvalue weighted by atomic mass is 16.5. The number of benzene rings is 1. The molecule has 2 amide bonds. The predicted molar refractivity (Wildman–Crippen MR) is 105 cm³/mol. The molecule has 1 saturated heterocycles. The zero-order valence-electron chi connectivity index (χ0n) is 16.9. The lowest BCUT2D eigenvalue weighted by Crippen LogP contribution is -2.43. The first-order valence-electron chi connectivity index (χ1n) is 9.79. The summed E-state index contributed by atoms with van der Waals surface area (Å²) in [5.41, 5.74) is 0.577. The molecule has 1 aliphatic rings. The van der Waals surface area contributed by atoms with E-state index in [0.29, 0.717) is 49.8 Å². The minimum Gasteiger partial charge on any atom is -0.493 e. The summed E-state index contributed by atoms with van der Waals surface area (Å²) in [6.07, 6.45) is 1.99. The van der Waals surface area contributed by atoms with E-state index in [1.165, 1.54) is 11.8 Å². The van der Waals surface area contributed by atoms with Gasteiger partial charge in [-0.05, 0) is 43.4 Å². The summed E-state index contributed by atoms with van der Waals surface area (Å²) < 4.78 is 5.71. The highest BCUT2D eigenvalue weighted by Crippen LogP contribution is 2.21. The molecule has 1 fully saturated rings. The van der Waals surface area contributed by atoms with Crippen LogP contribution in [-0.2, 0) is 9.59 Å². The van der Waals surface area contributed by atoms with Crippen molar-refractivity contribution in [3.63, 3.8) is 0 Å². The van der Waals surface area contributed by atoms with Crippen LogP contribution in [0.15, 0.2) is 24.3 Å². The Morgan fingerprint density at radius 2 is 2.00 bits per heavy atom. The van der Waals surface area contributed by atoms with Gasteiger partial charge in [0, 0.05) is 31.6 Å². The first-order chi connectivity index (χ1) is 13.3. The van der Waals surface area contributed by atoms with Crippen molar-refractivity contribution in [3.05, 3.63) is 29.8 Å². The number of carbonyl (C=O) groups excluding carboxylic acids is 2. The average Bonchev–Trinajstić information content (AvgIpc) is 2.89. The number of ether oxygens (including phenoxy) is 1. The molecule has 0 aromatic heterocycles. The van der Waals surface area contributed by atoms with E-state index < -0.39 is 5.97 Å². The SMILES string of the molecule is CC(=O)N(CC(=O)O)C1CCCN(C(=O)c2cccc(OCC(C)C)c2)CC1. The molecule has 1 atom stereocenters. The standard InChI is InChI=1S/C21H30N2O5/c1-15(2)14-28-19-8-4-6-17(12-19)21(27)22-10-5-7-18(9-11-22)23(16(3)24)13-20(25)26/h4,6,8,12,15,18H,5,7,9-11,13-14H2,1-3H3,(H,25,26). The number of amides is 2. The molecule has 0 radical (unpaired) electrons. The molecule has 0 aliphatic carbocycles. The van der Waals surface area contributed by atoms with Crippen LogP contribution in [0.3, 0.4) is 0 Å². The van der Waals surface area contributed by atoms with Gasteiger partial charge in [0.1, 0.15) is 12.3 Å². The molecule has 1 aromatic carbocycles. The van der Waals surface area contributed by atoms with Crippen molar-refractivity contribution in [2.24, 2.45) is 5.92 Å². The van der Waals surface area contributed by atoms with E-state index in [1.54, 1.807) is 17.0 Å². The zero-order valence-corrected chi connectivity index (χ0v) is 16.9. The van der Waals surface area contributed by atoms with Gasteiger partial charge in [-0.1, -0.05) is 19.9 Å². The highest BCUT2D eigenvalue weighted by molar-refractivity contribution is 5.94. The highest BCUT2D eigenvalue weighted by Gasteiger charge is 2.28. The van der Waals surface area contributed by atoms with Crippen molar-refractivity contribution in [2.75, 3.05) is 26.2 Å². The Hall–Kier alpha value is -2.57. The fourth-order valence-corrected chi connectivity index (χ4v) is 3.40. The van der Waals surface area contributed by atoms with Crippen LogP contribution in [0.5, 0.6) is 5.75 Å². The number of carboxylic acids is 1. The van der Waals surface area contributed by atoms with E-state index in [-0.39, 0.29) is 24.4 Å². The molecule has 7 heteroatoms. The van der Waals surface area contributed by atoms with E-state index in [1.807, 2.05) is 12.1 Å². The van der Waals surface area contributed by atoms with Gasteiger partial charge in [-0.15, -0.1) is 0 Å². The molecule has 1 unspecified atom stereocenters. The first kappa shape index (κ1) is 21.7. The number of rotatable bonds is 7. The van der Waals surface area contributed by atoms with Gasteiger partial charge in [0.15, 0.2) is 0 Å². The third kappa shape index (κ3) is 6.25. The van der Waals surface area contributed by atoms with Crippen LogP contribution in [0.2, 0.25) is 0 Å². The van der Waals surface area contributed by atoms with Gasteiger partial charge in [-0.25, -0.2) is 0 Å². The van der Waals surface area contributed by atoms with E-state index in [9.17, 15) is 14.4 Å². The van der Waals surface area contributed by atoms with Crippen LogP contribution in [-0.4, -0.2) is 65.0 Å². The summed E-state index contributed by atoms with van der Waals surface area (Å²) in [5.74, 6) is -0.260. The summed E-state index contributed by atoms with van der Waals surface area (Å²) in [6.45, 7) is 6.89. The molecule has 1 N–H and O–H groups in total. The number of hydrogen-bond donors (Lipinski definition) is 1. The second kappa shape index (κ2) is 10.1. The van der Waals surface area contributed by atoms with Gasteiger partial charge < -0.3 is 19.6 Å². The second-order valence-corrected chi connectivity index (χ2v) is 7.65. The topological polar surface area (TPSA) is 87.2 Å². The minimum atomic E-state index is -1.02. The number of likely N-dealkylation sites (tertiary alicyclic amines) is 1. The number of carbonyl (C=O) groups is 3. The first-order valence-corrected chi connectivity index (χ1v) is 9.79. The third-order valence-electron chi connectivity index (χ3n) is 4.80. The largest absolute Gasteiger partial charge is 0.493 e. The zero-order chi connectivity index (χ0) is 20.7. The van der Waals surface area contributed by atoms with Gasteiger partial charge in [-0.2, -0.15) is 0 Å². The summed E-state index contributed by atoms with van der Waals surface area (Å²) in [4.78, 5) is 39.0. The summed E-state index contributed by atoms with van der Waals surface area (Å²) >= 11 is 0. The Morgan fingerprint density at radius 1 is 1.25 bits per heavy atom. The molecule has 154 valence electrons. The molecule has 1 aromatic rings. The number of hydrogen-bond acceptors (Lipinski definition) is 4. The second-order valence-electron chi connectivity index (χ2n) is 7.65. The minimum absolute atomic E-state index is 0.0664. The lowest BCUT2D eigenvalue weighted by molar-refractivity contribution is -0.145. The summed E-state index contributed by atoms with van der Waals surface area (Å²) in [5, 5.41) is 9.06. The Morgan fingerprint density at radius 3 is 2.64 bits per heavy atom.